The van der Waals surface area contributed by atoms with Gasteiger partial charge < -0.3 is 36.8 Å². The molecule has 6 heterocycles. The number of furan rings is 5. The number of para-hydroxylation sites is 6. The van der Waals surface area contributed by atoms with Crippen molar-refractivity contribution in [2.45, 2.75) is 0 Å². The number of thiophene rings is 1. The Morgan fingerprint density at radius 2 is 0.454 bits per heavy atom. The highest BCUT2D eigenvalue weighted by atomic mass is 32.1. The first-order valence-corrected chi connectivity index (χ1v) is 48.6. The number of hydrogen-bond acceptors (Lipinski definition) is 9. The number of anilines is 9. The molecule has 141 heavy (non-hydrogen) atoms. The molecule has 0 bridgehead atoms. The van der Waals surface area contributed by atoms with Crippen LogP contribution in [0.4, 0.5) is 51.2 Å². The maximum absolute atomic E-state index is 6.65. The Morgan fingerprint density at radius 1 is 0.149 bits per heavy atom. The van der Waals surface area contributed by atoms with Gasteiger partial charge in [0.25, 0.3) is 0 Å². The molecule has 0 aliphatic heterocycles. The average Bonchev–Trinajstić information content (AvgIpc) is 1.70. The van der Waals surface area contributed by atoms with Gasteiger partial charge in [0.05, 0.1) is 44.2 Å². The van der Waals surface area contributed by atoms with Crippen molar-refractivity contribution in [2.75, 3.05) is 14.7 Å². The van der Waals surface area contributed by atoms with Gasteiger partial charge in [-0.2, -0.15) is 0 Å². The van der Waals surface area contributed by atoms with Gasteiger partial charge in [-0.3, -0.25) is 0 Å². The van der Waals surface area contributed by atoms with Crippen molar-refractivity contribution in [3.63, 3.8) is 0 Å². The van der Waals surface area contributed by atoms with Crippen molar-refractivity contribution < 1.29 is 22.1 Å². The van der Waals surface area contributed by atoms with Crippen LogP contribution in [0.1, 0.15) is 0 Å². The molecule has 6 aromatic heterocycles. The second kappa shape index (κ2) is 33.2. The molecule has 0 amide bonds. The van der Waals surface area contributed by atoms with Gasteiger partial charge in [0, 0.05) is 113 Å². The molecule has 24 aromatic carbocycles. The summed E-state index contributed by atoms with van der Waals surface area (Å²) in [6.07, 6.45) is 0. The third kappa shape index (κ3) is 13.4. The first-order valence-electron chi connectivity index (χ1n) is 47.8. The number of nitrogens with zero attached hydrogens (tertiary/aromatic N) is 3. The quantitative estimate of drug-likeness (QED) is 0.112. The van der Waals surface area contributed by atoms with E-state index in [2.05, 4.69) is 458 Å². The fourth-order valence-electron chi connectivity index (χ4n) is 22.1. The predicted octanol–water partition coefficient (Wildman–Crippen LogP) is 39.3. The Balaban J connectivity index is 0.000000104. The zero-order valence-corrected chi connectivity index (χ0v) is 76.9. The van der Waals surface area contributed by atoms with Crippen molar-refractivity contribution in [3.05, 3.63) is 491 Å². The van der Waals surface area contributed by atoms with E-state index in [1.165, 1.54) is 107 Å². The van der Waals surface area contributed by atoms with E-state index in [-0.39, 0.29) is 0 Å². The lowest BCUT2D eigenvalue weighted by Gasteiger charge is -2.28. The Hall–Kier alpha value is -18.5. The standard InChI is InChI=1S/2C44H27NO2.C44H27NOS/c1-2-11-28(12-3-1)30-13-8-14-31(27-30)45(38-20-10-18-35-33-15-4-6-21-39(33)47-44(35)38)37-19-9-17-34-32(37)25-23-29-24-26-41-43(42(29)34)36-16-5-7-22-40(36)46-41;1-2-11-28(12-3-1)30-13-8-14-31(27-30)45(37-19-10-22-40-43(37)34-15-4-6-20-38(34)46-40)36-18-9-17-33-32(36)25-23-29-24-26-41-44(42(29)33)35-16-5-7-21-39(35)47-41;1-2-10-28(11-3-1)29-20-24-31(25-21-29)45(38-17-9-15-35-33-12-5-7-19-41(33)47-44(35)38)37-16-8-14-34-32(37)26-22-30-23-27-40-43(42(30)34)36-13-4-6-18-39(36)46-40/h3*1-27H. The third-order valence-corrected chi connectivity index (χ3v) is 29.5. The van der Waals surface area contributed by atoms with Gasteiger partial charge in [-0.1, -0.05) is 358 Å². The van der Waals surface area contributed by atoms with Gasteiger partial charge in [-0.05, 0) is 199 Å². The zero-order valence-electron chi connectivity index (χ0n) is 76.1. The zero-order chi connectivity index (χ0) is 92.7. The van der Waals surface area contributed by atoms with E-state index in [0.717, 1.165) is 172 Å². The molecule has 0 aliphatic rings. The molecule has 0 fully saturated rings. The van der Waals surface area contributed by atoms with Crippen LogP contribution >= 0.6 is 11.3 Å². The Bertz CT molecular complexity index is 10300. The summed E-state index contributed by atoms with van der Waals surface area (Å²) in [5.74, 6) is 0. The minimum absolute atomic E-state index is 0.861. The minimum atomic E-state index is 0.861. The van der Waals surface area contributed by atoms with E-state index in [9.17, 15) is 0 Å². The van der Waals surface area contributed by atoms with E-state index in [1.54, 1.807) is 0 Å². The van der Waals surface area contributed by atoms with E-state index in [4.69, 9.17) is 22.1 Å². The van der Waals surface area contributed by atoms with Gasteiger partial charge in [0.15, 0.2) is 5.58 Å². The van der Waals surface area contributed by atoms with Crippen LogP contribution in [0.15, 0.2) is 513 Å². The molecule has 8 nitrogen and oxygen atoms in total. The van der Waals surface area contributed by atoms with Gasteiger partial charge in [-0.15, -0.1) is 11.3 Å². The van der Waals surface area contributed by atoms with Crippen LogP contribution in [-0.2, 0) is 0 Å². The van der Waals surface area contributed by atoms with Gasteiger partial charge in [0.1, 0.15) is 50.2 Å². The van der Waals surface area contributed by atoms with E-state index >= 15 is 0 Å². The molecule has 0 aliphatic carbocycles. The first kappa shape index (κ1) is 80.9. The summed E-state index contributed by atoms with van der Waals surface area (Å²) in [5.41, 5.74) is 25.8. The SMILES string of the molecule is c1ccc(-c2ccc(N(c3cccc4c3ccc3ccc5oc6ccccc6c5c34)c3cccc4c3sc3ccccc34)cc2)cc1.c1ccc(-c2cccc(N(c3cccc4c3ccc3ccc5oc6ccccc6c5c34)c3cccc4c3oc3ccccc34)c2)cc1.c1ccc(-c2cccc(N(c3cccc4c3ccc3ccc5oc6ccccc6c5c34)c3cccc4oc5ccccc5c34)c2)cc1. The van der Waals surface area contributed by atoms with Crippen LogP contribution in [0.2, 0.25) is 0 Å². The van der Waals surface area contributed by atoms with Gasteiger partial charge >= 0.3 is 0 Å². The highest BCUT2D eigenvalue weighted by Crippen LogP contribution is 2.54. The summed E-state index contributed by atoms with van der Waals surface area (Å²) in [5, 5.41) is 28.2. The van der Waals surface area contributed by atoms with Crippen molar-refractivity contribution in [1.29, 1.82) is 0 Å². The van der Waals surface area contributed by atoms with E-state index in [0.29, 0.717) is 0 Å². The summed E-state index contributed by atoms with van der Waals surface area (Å²) in [4.78, 5) is 7.21. The Labute approximate surface area is 812 Å². The monoisotopic (exact) mass is 1820 g/mol. The lowest BCUT2D eigenvalue weighted by molar-refractivity contribution is 0.668. The number of benzene rings is 24. The van der Waals surface area contributed by atoms with Crippen molar-refractivity contribution in [3.8, 4) is 33.4 Å². The van der Waals surface area contributed by atoms with E-state index < -0.39 is 0 Å². The van der Waals surface area contributed by atoms with Crippen LogP contribution in [0, 0.1) is 0 Å². The fourth-order valence-corrected chi connectivity index (χ4v) is 23.3. The van der Waals surface area contributed by atoms with Gasteiger partial charge in [-0.25, -0.2) is 0 Å². The van der Waals surface area contributed by atoms with Crippen LogP contribution < -0.4 is 14.7 Å². The fraction of sp³-hybridized carbons (Fsp3) is 0. The lowest BCUT2D eigenvalue weighted by Crippen LogP contribution is -2.11. The highest BCUT2D eigenvalue weighted by molar-refractivity contribution is 7.26. The highest BCUT2D eigenvalue weighted by Gasteiger charge is 2.29. The second-order valence-electron chi connectivity index (χ2n) is 36.2. The third-order valence-electron chi connectivity index (χ3n) is 28.3. The van der Waals surface area contributed by atoms with Crippen molar-refractivity contribution in [2.24, 2.45) is 0 Å². The minimum Gasteiger partial charge on any atom is -0.456 e. The van der Waals surface area contributed by atoms with E-state index in [1.807, 2.05) is 59.9 Å². The molecule has 0 saturated carbocycles. The molecule has 0 radical (unpaired) electrons. The molecular weight excluding hydrogens is 1740 g/mol. The molecule has 660 valence electrons. The first-order chi connectivity index (χ1) is 69.9. The molecular formula is C132H81N3O5S. The van der Waals surface area contributed by atoms with Crippen LogP contribution in [-0.4, -0.2) is 0 Å². The second-order valence-corrected chi connectivity index (χ2v) is 37.3. The predicted molar refractivity (Wildman–Crippen MR) is 594 cm³/mol. The lowest BCUT2D eigenvalue weighted by atomic mass is 9.96. The average molecular weight is 1820 g/mol. The summed E-state index contributed by atoms with van der Waals surface area (Å²) in [7, 11) is 0. The number of rotatable bonds is 12. The molecule has 0 unspecified atom stereocenters. The normalized spacial score (nSPS) is 11.8. The summed E-state index contributed by atoms with van der Waals surface area (Å²) in [6, 6.07) is 175. The van der Waals surface area contributed by atoms with Crippen LogP contribution in [0.5, 0.6) is 0 Å². The molecule has 30 aromatic rings. The smallest absolute Gasteiger partial charge is 0.159 e. The Morgan fingerprint density at radius 3 is 0.922 bits per heavy atom. The van der Waals surface area contributed by atoms with Crippen molar-refractivity contribution in [1.82, 2.24) is 0 Å². The van der Waals surface area contributed by atoms with Crippen molar-refractivity contribution >= 4 is 257 Å². The van der Waals surface area contributed by atoms with Gasteiger partial charge in [0.2, 0.25) is 0 Å². The molecule has 0 saturated heterocycles. The molecule has 9 heteroatoms. The van der Waals surface area contributed by atoms with Crippen LogP contribution in [0.25, 0.3) is 228 Å². The summed E-state index contributed by atoms with van der Waals surface area (Å²) in [6.45, 7) is 0. The molecule has 0 N–H and O–H groups in total. The van der Waals surface area contributed by atoms with Crippen LogP contribution in [0.3, 0.4) is 0 Å². The molecule has 0 spiro atoms. The largest absolute Gasteiger partial charge is 0.456 e. The maximum atomic E-state index is 6.65. The summed E-state index contributed by atoms with van der Waals surface area (Å²) >= 11 is 1.86. The number of fused-ring (bicyclic) bond motifs is 30. The Kier molecular flexibility index (Phi) is 19.0. The maximum Gasteiger partial charge on any atom is 0.159 e. The molecule has 0 atom stereocenters. The number of hydrogen-bond donors (Lipinski definition) is 0. The topological polar surface area (TPSA) is 75.4 Å². The summed E-state index contributed by atoms with van der Waals surface area (Å²) < 4.78 is 34.6. The molecule has 30 rings (SSSR count).